The number of morpholine rings is 1. The number of rotatable bonds is 3. The molecular formula is C19H27N3O2. The van der Waals surface area contributed by atoms with Gasteiger partial charge < -0.3 is 9.64 Å². The van der Waals surface area contributed by atoms with Gasteiger partial charge in [0, 0.05) is 25.5 Å². The number of hydrogen-bond donors (Lipinski definition) is 0. The summed E-state index contributed by atoms with van der Waals surface area (Å²) in [7, 11) is 0. The summed E-state index contributed by atoms with van der Waals surface area (Å²) in [6.45, 7) is 4.15. The normalized spacial score (nSPS) is 25.2. The summed E-state index contributed by atoms with van der Waals surface area (Å²) in [6, 6.07) is 3.79. The Hall–Kier alpha value is -1.46. The lowest BCUT2D eigenvalue weighted by atomic mass is 9.98. The molecule has 130 valence electrons. The van der Waals surface area contributed by atoms with Crippen molar-refractivity contribution in [3.8, 4) is 0 Å². The van der Waals surface area contributed by atoms with Crippen molar-refractivity contribution in [2.24, 2.45) is 0 Å². The van der Waals surface area contributed by atoms with Crippen LogP contribution in [0.15, 0.2) is 24.5 Å². The van der Waals surface area contributed by atoms with Crippen LogP contribution in [-0.4, -0.2) is 59.1 Å². The zero-order valence-electron chi connectivity index (χ0n) is 14.3. The van der Waals surface area contributed by atoms with E-state index in [0.29, 0.717) is 13.2 Å². The Morgan fingerprint density at radius 3 is 2.67 bits per heavy atom. The summed E-state index contributed by atoms with van der Waals surface area (Å²) in [6.07, 6.45) is 10.6. The fourth-order valence-electron chi connectivity index (χ4n) is 4.57. The first kappa shape index (κ1) is 16.0. The molecule has 3 heterocycles. The molecule has 3 aliphatic rings. The maximum absolute atomic E-state index is 13.4. The van der Waals surface area contributed by atoms with Crippen LogP contribution in [0.5, 0.6) is 0 Å². The van der Waals surface area contributed by atoms with Crippen molar-refractivity contribution in [1.29, 1.82) is 0 Å². The molecule has 0 bridgehead atoms. The number of carbonyl (C=O) groups excluding carboxylic acids is 1. The SMILES string of the molecule is O=C([C@H](c1cccnc1)N1CCCC1)N1CCOC2(CCCC2)C1. The second-order valence-electron chi connectivity index (χ2n) is 7.43. The van der Waals surface area contributed by atoms with E-state index >= 15 is 0 Å². The van der Waals surface area contributed by atoms with Gasteiger partial charge in [0.25, 0.3) is 0 Å². The largest absolute Gasteiger partial charge is 0.371 e. The van der Waals surface area contributed by atoms with Crippen molar-refractivity contribution in [2.45, 2.75) is 50.2 Å². The van der Waals surface area contributed by atoms with Crippen molar-refractivity contribution in [1.82, 2.24) is 14.8 Å². The van der Waals surface area contributed by atoms with E-state index < -0.39 is 0 Å². The highest BCUT2D eigenvalue weighted by Gasteiger charge is 2.43. The minimum atomic E-state index is -0.183. The number of nitrogens with zero attached hydrogens (tertiary/aromatic N) is 3. The average Bonchev–Trinajstić information content (AvgIpc) is 3.29. The first-order valence-electron chi connectivity index (χ1n) is 9.34. The summed E-state index contributed by atoms with van der Waals surface area (Å²) in [5, 5.41) is 0. The van der Waals surface area contributed by atoms with E-state index in [9.17, 15) is 4.79 Å². The van der Waals surface area contributed by atoms with Crippen LogP contribution in [0.25, 0.3) is 0 Å². The standard InChI is InChI=1S/C19H27N3O2/c23-18(22-12-13-24-19(15-22)7-1-2-8-19)17(21-10-3-4-11-21)16-6-5-9-20-14-16/h5-6,9,14,17H,1-4,7-8,10-13,15H2/t17-/m0/s1. The number of pyridine rings is 1. The molecule has 1 saturated carbocycles. The minimum absolute atomic E-state index is 0.0710. The maximum atomic E-state index is 13.4. The highest BCUT2D eigenvalue weighted by atomic mass is 16.5. The van der Waals surface area contributed by atoms with Crippen molar-refractivity contribution >= 4 is 5.91 Å². The fraction of sp³-hybridized carbons (Fsp3) is 0.684. The van der Waals surface area contributed by atoms with E-state index in [-0.39, 0.29) is 17.6 Å². The van der Waals surface area contributed by atoms with E-state index in [1.54, 1.807) is 6.20 Å². The molecule has 0 radical (unpaired) electrons. The first-order chi connectivity index (χ1) is 11.8. The highest BCUT2D eigenvalue weighted by molar-refractivity contribution is 5.83. The van der Waals surface area contributed by atoms with Gasteiger partial charge in [0.2, 0.25) is 5.91 Å². The quantitative estimate of drug-likeness (QED) is 0.854. The number of amides is 1. The second kappa shape index (κ2) is 6.81. The topological polar surface area (TPSA) is 45.7 Å². The Labute approximate surface area is 144 Å². The third kappa shape index (κ3) is 3.07. The number of hydrogen-bond acceptors (Lipinski definition) is 4. The van der Waals surface area contributed by atoms with E-state index in [1.165, 1.54) is 25.7 Å². The zero-order chi connectivity index (χ0) is 16.4. The monoisotopic (exact) mass is 329 g/mol. The molecule has 1 atom stereocenters. The van der Waals surface area contributed by atoms with E-state index in [4.69, 9.17) is 4.74 Å². The predicted molar refractivity (Wildman–Crippen MR) is 91.5 cm³/mol. The van der Waals surface area contributed by atoms with Gasteiger partial charge in [-0.05, 0) is 50.4 Å². The van der Waals surface area contributed by atoms with E-state index in [2.05, 4.69) is 14.8 Å². The van der Waals surface area contributed by atoms with Crippen molar-refractivity contribution in [3.63, 3.8) is 0 Å². The van der Waals surface area contributed by atoms with Crippen molar-refractivity contribution in [2.75, 3.05) is 32.8 Å². The van der Waals surface area contributed by atoms with Gasteiger partial charge in [-0.1, -0.05) is 18.9 Å². The van der Waals surface area contributed by atoms with Crippen LogP contribution in [-0.2, 0) is 9.53 Å². The molecule has 4 rings (SSSR count). The van der Waals surface area contributed by atoms with Gasteiger partial charge in [0.1, 0.15) is 6.04 Å². The van der Waals surface area contributed by atoms with Crippen LogP contribution in [0.2, 0.25) is 0 Å². The summed E-state index contributed by atoms with van der Waals surface area (Å²) in [4.78, 5) is 22.1. The molecule has 2 saturated heterocycles. The van der Waals surface area contributed by atoms with Gasteiger partial charge in [-0.3, -0.25) is 14.7 Å². The lowest BCUT2D eigenvalue weighted by Gasteiger charge is -2.42. The predicted octanol–water partition coefficient (Wildman–Crippen LogP) is 2.39. The molecule has 1 spiro atoms. The smallest absolute Gasteiger partial charge is 0.244 e. The summed E-state index contributed by atoms with van der Waals surface area (Å²) >= 11 is 0. The lowest BCUT2D eigenvalue weighted by Crippen LogP contribution is -2.54. The van der Waals surface area contributed by atoms with Crippen LogP contribution in [0.1, 0.15) is 50.1 Å². The van der Waals surface area contributed by atoms with E-state index in [0.717, 1.165) is 38.0 Å². The third-order valence-electron chi connectivity index (χ3n) is 5.81. The molecule has 3 fully saturated rings. The summed E-state index contributed by atoms with van der Waals surface area (Å²) in [5.74, 6) is 0.236. The average molecular weight is 329 g/mol. The van der Waals surface area contributed by atoms with Gasteiger partial charge in [0.05, 0.1) is 12.2 Å². The van der Waals surface area contributed by atoms with Crippen LogP contribution >= 0.6 is 0 Å². The Morgan fingerprint density at radius 1 is 1.17 bits per heavy atom. The molecule has 24 heavy (non-hydrogen) atoms. The summed E-state index contributed by atoms with van der Waals surface area (Å²) < 4.78 is 6.10. The van der Waals surface area contributed by atoms with Gasteiger partial charge in [0.15, 0.2) is 0 Å². The number of ether oxygens (including phenoxy) is 1. The highest BCUT2D eigenvalue weighted by Crippen LogP contribution is 2.37. The lowest BCUT2D eigenvalue weighted by molar-refractivity contribution is -0.154. The maximum Gasteiger partial charge on any atom is 0.244 e. The molecule has 0 N–H and O–H groups in total. The Balaban J connectivity index is 1.56. The minimum Gasteiger partial charge on any atom is -0.371 e. The van der Waals surface area contributed by atoms with Crippen LogP contribution in [0.4, 0.5) is 0 Å². The molecular weight excluding hydrogens is 302 g/mol. The Morgan fingerprint density at radius 2 is 1.96 bits per heavy atom. The van der Waals surface area contributed by atoms with Crippen LogP contribution in [0, 0.1) is 0 Å². The van der Waals surface area contributed by atoms with Crippen LogP contribution < -0.4 is 0 Å². The fourth-order valence-corrected chi connectivity index (χ4v) is 4.57. The van der Waals surface area contributed by atoms with Crippen LogP contribution in [0.3, 0.4) is 0 Å². The number of carbonyl (C=O) groups is 1. The molecule has 0 aromatic carbocycles. The number of likely N-dealkylation sites (tertiary alicyclic amines) is 1. The zero-order valence-corrected chi connectivity index (χ0v) is 14.3. The molecule has 1 aromatic rings. The molecule has 1 aliphatic carbocycles. The van der Waals surface area contributed by atoms with E-state index in [1.807, 2.05) is 18.3 Å². The molecule has 5 nitrogen and oxygen atoms in total. The van der Waals surface area contributed by atoms with Crippen molar-refractivity contribution in [3.05, 3.63) is 30.1 Å². The van der Waals surface area contributed by atoms with Crippen molar-refractivity contribution < 1.29 is 9.53 Å². The molecule has 1 aromatic heterocycles. The molecule has 1 amide bonds. The van der Waals surface area contributed by atoms with Gasteiger partial charge >= 0.3 is 0 Å². The van der Waals surface area contributed by atoms with Gasteiger partial charge in [-0.2, -0.15) is 0 Å². The summed E-state index contributed by atoms with van der Waals surface area (Å²) in [5.41, 5.74) is 0.953. The van der Waals surface area contributed by atoms with Gasteiger partial charge in [-0.25, -0.2) is 0 Å². The molecule has 5 heteroatoms. The van der Waals surface area contributed by atoms with Gasteiger partial charge in [-0.15, -0.1) is 0 Å². The Kier molecular flexibility index (Phi) is 4.55. The molecule has 0 unspecified atom stereocenters. The first-order valence-corrected chi connectivity index (χ1v) is 9.34. The number of aromatic nitrogens is 1. The second-order valence-corrected chi connectivity index (χ2v) is 7.43. The molecule has 2 aliphatic heterocycles. The Bertz CT molecular complexity index is 565. The third-order valence-corrected chi connectivity index (χ3v) is 5.81.